The molecule has 3 fully saturated rings. The Bertz CT molecular complexity index is 1190. The minimum Gasteiger partial charge on any atom is -0.369 e. The van der Waals surface area contributed by atoms with Crippen molar-refractivity contribution in [3.05, 3.63) is 29.1 Å². The van der Waals surface area contributed by atoms with E-state index in [9.17, 15) is 19.2 Å². The van der Waals surface area contributed by atoms with E-state index in [-0.39, 0.29) is 24.0 Å². The summed E-state index contributed by atoms with van der Waals surface area (Å²) in [5.41, 5.74) is 0.387. The molecule has 0 aliphatic carbocycles. The number of benzene rings is 1. The third-order valence-corrected chi connectivity index (χ3v) is 7.93. The Balaban J connectivity index is 1.23. The molecule has 0 spiro atoms. The Kier molecular flexibility index (Phi) is 7.04. The predicted molar refractivity (Wildman–Crippen MR) is 135 cm³/mol. The van der Waals surface area contributed by atoms with Crippen LogP contribution in [0.1, 0.15) is 73.1 Å². The first kappa shape index (κ1) is 25.4. The highest BCUT2D eigenvalue weighted by Crippen LogP contribution is 2.34. The number of likely N-dealkylation sites (tertiary alicyclic amines) is 1. The molecule has 4 aliphatic rings. The van der Waals surface area contributed by atoms with E-state index in [2.05, 4.69) is 35.9 Å². The third kappa shape index (κ3) is 4.99. The van der Waals surface area contributed by atoms with Crippen LogP contribution < -0.4 is 10.2 Å². The predicted octanol–water partition coefficient (Wildman–Crippen LogP) is 2.57. The summed E-state index contributed by atoms with van der Waals surface area (Å²) in [6.45, 7) is 7.60. The van der Waals surface area contributed by atoms with E-state index in [4.69, 9.17) is 0 Å². The molecule has 4 aliphatic heterocycles. The number of fused-ring (bicyclic) bond motifs is 1. The second kappa shape index (κ2) is 10.3. The quantitative estimate of drug-likeness (QED) is 0.499. The molecule has 8 nitrogen and oxygen atoms in total. The number of imide groups is 2. The van der Waals surface area contributed by atoms with Crippen molar-refractivity contribution in [2.45, 2.75) is 64.5 Å². The maximum absolute atomic E-state index is 15.2. The van der Waals surface area contributed by atoms with Crippen molar-refractivity contribution < 1.29 is 23.6 Å². The summed E-state index contributed by atoms with van der Waals surface area (Å²) in [5.74, 6) is 4.62. The zero-order chi connectivity index (χ0) is 26.3. The molecule has 1 N–H and O–H groups in total. The summed E-state index contributed by atoms with van der Waals surface area (Å²) in [7, 11) is 0. The molecule has 0 aromatic heterocycles. The molecule has 196 valence electrons. The van der Waals surface area contributed by atoms with Crippen LogP contribution in [-0.2, 0) is 9.59 Å². The highest BCUT2D eigenvalue weighted by atomic mass is 19.1. The molecule has 3 saturated heterocycles. The summed E-state index contributed by atoms with van der Waals surface area (Å²) in [6, 6.07) is 1.95. The summed E-state index contributed by atoms with van der Waals surface area (Å²) in [6.07, 6.45) is 4.07. The average molecular weight is 509 g/mol. The van der Waals surface area contributed by atoms with Crippen LogP contribution in [0.4, 0.5) is 10.1 Å². The van der Waals surface area contributed by atoms with Crippen molar-refractivity contribution in [2.75, 3.05) is 31.1 Å². The fourth-order valence-corrected chi connectivity index (χ4v) is 5.89. The van der Waals surface area contributed by atoms with E-state index in [1.807, 2.05) is 4.90 Å². The number of amides is 4. The maximum atomic E-state index is 15.2. The molecule has 5 rings (SSSR count). The van der Waals surface area contributed by atoms with Gasteiger partial charge in [0, 0.05) is 37.4 Å². The van der Waals surface area contributed by atoms with Gasteiger partial charge in [-0.25, -0.2) is 4.39 Å². The first-order chi connectivity index (χ1) is 17.7. The summed E-state index contributed by atoms with van der Waals surface area (Å²) in [4.78, 5) is 55.2. The fraction of sp³-hybridized carbons (Fsp3) is 0.571. The van der Waals surface area contributed by atoms with Crippen LogP contribution in [0.2, 0.25) is 0 Å². The number of piperidine rings is 3. The van der Waals surface area contributed by atoms with Crippen molar-refractivity contribution in [3.8, 4) is 11.8 Å². The van der Waals surface area contributed by atoms with Crippen LogP contribution in [0.15, 0.2) is 12.1 Å². The van der Waals surface area contributed by atoms with Gasteiger partial charge >= 0.3 is 0 Å². The molecule has 1 aromatic carbocycles. The highest BCUT2D eigenvalue weighted by molar-refractivity contribution is 6.23. The van der Waals surface area contributed by atoms with E-state index in [0.717, 1.165) is 49.7 Å². The van der Waals surface area contributed by atoms with E-state index >= 15 is 4.39 Å². The molecule has 4 heterocycles. The normalized spacial score (nSPS) is 23.8. The minimum atomic E-state index is -1.06. The highest BCUT2D eigenvalue weighted by Gasteiger charge is 2.45. The first-order valence-electron chi connectivity index (χ1n) is 13.3. The third-order valence-electron chi connectivity index (χ3n) is 7.93. The summed E-state index contributed by atoms with van der Waals surface area (Å²) in [5, 5.41) is 2.18. The van der Waals surface area contributed by atoms with Gasteiger partial charge in [-0.15, -0.1) is 5.92 Å². The fourth-order valence-electron chi connectivity index (χ4n) is 5.89. The van der Waals surface area contributed by atoms with Crippen molar-refractivity contribution in [3.63, 3.8) is 0 Å². The van der Waals surface area contributed by atoms with Gasteiger partial charge in [-0.1, -0.05) is 19.8 Å². The molecule has 37 heavy (non-hydrogen) atoms. The number of nitrogens with one attached hydrogen (secondary N) is 1. The Labute approximate surface area is 216 Å². The lowest BCUT2D eigenvalue weighted by Crippen LogP contribution is -2.54. The van der Waals surface area contributed by atoms with Crippen molar-refractivity contribution >= 4 is 29.3 Å². The Morgan fingerprint density at radius 3 is 2.19 bits per heavy atom. The van der Waals surface area contributed by atoms with Gasteiger partial charge < -0.3 is 9.80 Å². The van der Waals surface area contributed by atoms with Gasteiger partial charge in [0.05, 0.1) is 16.8 Å². The van der Waals surface area contributed by atoms with E-state index < -0.39 is 35.5 Å². The molecular formula is C28H33FN4O4. The Morgan fingerprint density at radius 2 is 1.57 bits per heavy atom. The number of hydrogen-bond acceptors (Lipinski definition) is 6. The molecule has 1 unspecified atom stereocenters. The van der Waals surface area contributed by atoms with Crippen LogP contribution in [0.3, 0.4) is 0 Å². The number of carbonyl (C=O) groups is 4. The van der Waals surface area contributed by atoms with Gasteiger partial charge in [-0.05, 0) is 57.3 Å². The smallest absolute Gasteiger partial charge is 0.262 e. The molecule has 1 aromatic rings. The monoisotopic (exact) mass is 508 g/mol. The van der Waals surface area contributed by atoms with E-state index in [1.165, 1.54) is 6.07 Å². The number of rotatable bonds is 3. The Hall–Kier alpha value is -3.25. The van der Waals surface area contributed by atoms with Crippen LogP contribution in [0.25, 0.3) is 0 Å². The number of hydrogen-bond donors (Lipinski definition) is 1. The second-order valence-electron chi connectivity index (χ2n) is 10.8. The second-order valence-corrected chi connectivity index (χ2v) is 10.8. The molecule has 9 heteroatoms. The lowest BCUT2D eigenvalue weighted by atomic mass is 9.93. The van der Waals surface area contributed by atoms with Gasteiger partial charge in [0.25, 0.3) is 11.8 Å². The van der Waals surface area contributed by atoms with Crippen molar-refractivity contribution in [1.29, 1.82) is 0 Å². The van der Waals surface area contributed by atoms with Gasteiger partial charge in [-0.3, -0.25) is 29.4 Å². The number of carbonyl (C=O) groups excluding carboxylic acids is 4. The Morgan fingerprint density at radius 1 is 0.919 bits per heavy atom. The summed E-state index contributed by atoms with van der Waals surface area (Å²) < 4.78 is 15.2. The lowest BCUT2D eigenvalue weighted by Gasteiger charge is -2.42. The number of nitrogens with zero attached hydrogens (tertiary/aromatic N) is 3. The molecule has 0 radical (unpaired) electrons. The van der Waals surface area contributed by atoms with Crippen molar-refractivity contribution in [1.82, 2.24) is 15.1 Å². The van der Waals surface area contributed by atoms with E-state index in [1.54, 1.807) is 0 Å². The molecule has 0 saturated carbocycles. The standard InChI is InChI=1S/C28H33FN4O4/c1-17(2)3-4-18-7-11-31(12-8-18)19-9-13-32(14-10-19)24-16-21-20(15-22(24)29)27(36)33(28(21)37)23-5-6-25(34)30-26(23)35/h15-19,23H,5-14H2,1-2H3,(H,30,34,35). The maximum Gasteiger partial charge on any atom is 0.262 e. The zero-order valence-electron chi connectivity index (χ0n) is 21.4. The van der Waals surface area contributed by atoms with Crippen LogP contribution in [0.5, 0.6) is 0 Å². The first-order valence-corrected chi connectivity index (χ1v) is 13.3. The molecule has 0 bridgehead atoms. The van der Waals surface area contributed by atoms with E-state index in [0.29, 0.717) is 36.7 Å². The SMILES string of the molecule is CC(C)C#CC1CCN(C2CCN(c3cc4c(cc3F)C(=O)N(C3CCC(=O)NC3=O)C4=O)CC2)CC1. The van der Waals surface area contributed by atoms with Crippen molar-refractivity contribution in [2.24, 2.45) is 11.8 Å². The van der Waals surface area contributed by atoms with Crippen LogP contribution >= 0.6 is 0 Å². The molecule has 1 atom stereocenters. The van der Waals surface area contributed by atoms with Crippen LogP contribution in [0, 0.1) is 29.5 Å². The summed E-state index contributed by atoms with van der Waals surface area (Å²) >= 11 is 0. The number of halogens is 1. The lowest BCUT2D eigenvalue weighted by molar-refractivity contribution is -0.136. The number of anilines is 1. The van der Waals surface area contributed by atoms with Gasteiger partial charge in [0.15, 0.2) is 0 Å². The molecule has 4 amide bonds. The molecular weight excluding hydrogens is 475 g/mol. The topological polar surface area (TPSA) is 90.0 Å². The largest absolute Gasteiger partial charge is 0.369 e. The van der Waals surface area contributed by atoms with Gasteiger partial charge in [-0.2, -0.15) is 0 Å². The minimum absolute atomic E-state index is 0.0331. The van der Waals surface area contributed by atoms with Gasteiger partial charge in [0.2, 0.25) is 11.8 Å². The average Bonchev–Trinajstić information content (AvgIpc) is 3.11. The zero-order valence-corrected chi connectivity index (χ0v) is 21.4. The van der Waals surface area contributed by atoms with Crippen LogP contribution in [-0.4, -0.2) is 71.7 Å². The van der Waals surface area contributed by atoms with Gasteiger partial charge in [0.1, 0.15) is 11.9 Å².